The molecule has 0 saturated carbocycles. The summed E-state index contributed by atoms with van der Waals surface area (Å²) in [5.41, 5.74) is 8.91. The number of fused-ring (bicyclic) bond motifs is 1. The van der Waals surface area contributed by atoms with Crippen LogP contribution in [0.2, 0.25) is 0 Å². The highest BCUT2D eigenvalue weighted by atomic mass is 16.3. The third kappa shape index (κ3) is 1.78. The lowest BCUT2D eigenvalue weighted by Gasteiger charge is -1.98. The Bertz CT molecular complexity index is 640. The maximum absolute atomic E-state index is 6.09. The SMILES string of the molecule is Nc1c(Cc2ccccc2)oc2ccccc12. The third-order valence-electron chi connectivity index (χ3n) is 2.92. The fraction of sp³-hybridized carbons (Fsp3) is 0.0667. The van der Waals surface area contributed by atoms with Crippen molar-refractivity contribution < 1.29 is 4.42 Å². The third-order valence-corrected chi connectivity index (χ3v) is 2.92. The zero-order valence-electron chi connectivity index (χ0n) is 9.39. The average Bonchev–Trinajstić information content (AvgIpc) is 2.68. The van der Waals surface area contributed by atoms with E-state index in [0.717, 1.165) is 28.8 Å². The lowest BCUT2D eigenvalue weighted by atomic mass is 10.1. The topological polar surface area (TPSA) is 39.2 Å². The molecule has 2 aromatic carbocycles. The van der Waals surface area contributed by atoms with E-state index in [-0.39, 0.29) is 0 Å². The Balaban J connectivity index is 2.04. The summed E-state index contributed by atoms with van der Waals surface area (Å²) in [7, 11) is 0. The monoisotopic (exact) mass is 223 g/mol. The van der Waals surface area contributed by atoms with Crippen molar-refractivity contribution >= 4 is 16.7 Å². The molecular formula is C15H13NO. The fourth-order valence-corrected chi connectivity index (χ4v) is 2.03. The lowest BCUT2D eigenvalue weighted by Crippen LogP contribution is -1.91. The van der Waals surface area contributed by atoms with Crippen LogP contribution >= 0.6 is 0 Å². The number of hydrogen-bond acceptors (Lipinski definition) is 2. The van der Waals surface area contributed by atoms with Gasteiger partial charge in [-0.25, -0.2) is 0 Å². The Morgan fingerprint density at radius 3 is 2.35 bits per heavy atom. The van der Waals surface area contributed by atoms with Crippen LogP contribution in [0.15, 0.2) is 59.0 Å². The molecule has 3 aromatic rings. The minimum Gasteiger partial charge on any atom is -0.458 e. The maximum atomic E-state index is 6.09. The standard InChI is InChI=1S/C15H13NO/c16-15-12-8-4-5-9-13(12)17-14(15)10-11-6-2-1-3-7-11/h1-9H,10,16H2. The number of para-hydroxylation sites is 1. The van der Waals surface area contributed by atoms with Crippen molar-refractivity contribution in [1.29, 1.82) is 0 Å². The average molecular weight is 223 g/mol. The van der Waals surface area contributed by atoms with Crippen LogP contribution in [0, 0.1) is 0 Å². The van der Waals surface area contributed by atoms with Crippen LogP contribution in [0.1, 0.15) is 11.3 Å². The lowest BCUT2D eigenvalue weighted by molar-refractivity contribution is 0.565. The van der Waals surface area contributed by atoms with Gasteiger partial charge >= 0.3 is 0 Å². The Morgan fingerprint density at radius 1 is 0.882 bits per heavy atom. The number of anilines is 1. The van der Waals surface area contributed by atoms with Gasteiger partial charge in [0.1, 0.15) is 11.3 Å². The van der Waals surface area contributed by atoms with E-state index in [2.05, 4.69) is 12.1 Å². The predicted molar refractivity (Wildman–Crippen MR) is 69.9 cm³/mol. The number of rotatable bonds is 2. The summed E-state index contributed by atoms with van der Waals surface area (Å²) < 4.78 is 5.78. The van der Waals surface area contributed by atoms with Gasteiger partial charge in [-0.2, -0.15) is 0 Å². The molecule has 0 spiro atoms. The van der Waals surface area contributed by atoms with Gasteiger partial charge in [0.05, 0.1) is 5.69 Å². The number of nitrogens with two attached hydrogens (primary N) is 1. The van der Waals surface area contributed by atoms with Crippen LogP contribution in [0.5, 0.6) is 0 Å². The van der Waals surface area contributed by atoms with Gasteiger partial charge in [0.15, 0.2) is 0 Å². The summed E-state index contributed by atoms with van der Waals surface area (Å²) in [5, 5.41) is 0.999. The molecule has 0 atom stereocenters. The normalized spacial score (nSPS) is 10.8. The second-order valence-electron chi connectivity index (χ2n) is 4.10. The van der Waals surface area contributed by atoms with Crippen LogP contribution in [0.4, 0.5) is 5.69 Å². The zero-order valence-corrected chi connectivity index (χ0v) is 9.39. The van der Waals surface area contributed by atoms with Crippen molar-refractivity contribution in [3.05, 3.63) is 65.9 Å². The number of hydrogen-bond donors (Lipinski definition) is 1. The summed E-state index contributed by atoms with van der Waals surface area (Å²) in [6, 6.07) is 18.1. The Hall–Kier alpha value is -2.22. The molecule has 0 aliphatic rings. The van der Waals surface area contributed by atoms with Gasteiger partial charge in [0.2, 0.25) is 0 Å². The summed E-state index contributed by atoms with van der Waals surface area (Å²) in [5.74, 6) is 0.845. The van der Waals surface area contributed by atoms with Crippen molar-refractivity contribution in [3.63, 3.8) is 0 Å². The molecule has 0 unspecified atom stereocenters. The molecule has 2 heteroatoms. The van der Waals surface area contributed by atoms with Gasteiger partial charge < -0.3 is 10.2 Å². The van der Waals surface area contributed by atoms with Crippen LogP contribution in [-0.2, 0) is 6.42 Å². The van der Waals surface area contributed by atoms with E-state index in [1.54, 1.807) is 0 Å². The van der Waals surface area contributed by atoms with Crippen molar-refractivity contribution in [3.8, 4) is 0 Å². The van der Waals surface area contributed by atoms with Crippen LogP contribution in [-0.4, -0.2) is 0 Å². The van der Waals surface area contributed by atoms with E-state index in [9.17, 15) is 0 Å². The molecule has 0 aliphatic heterocycles. The maximum Gasteiger partial charge on any atom is 0.136 e. The first kappa shape index (κ1) is 9.97. The molecule has 1 aromatic heterocycles. The molecule has 1 heterocycles. The van der Waals surface area contributed by atoms with Crippen LogP contribution < -0.4 is 5.73 Å². The first-order chi connectivity index (χ1) is 8.34. The molecule has 3 rings (SSSR count). The largest absolute Gasteiger partial charge is 0.458 e. The number of benzene rings is 2. The van der Waals surface area contributed by atoms with E-state index in [0.29, 0.717) is 0 Å². The highest BCUT2D eigenvalue weighted by molar-refractivity contribution is 5.91. The van der Waals surface area contributed by atoms with Crippen molar-refractivity contribution in [2.24, 2.45) is 0 Å². The number of nitrogen functional groups attached to an aromatic ring is 1. The number of furan rings is 1. The molecule has 0 amide bonds. The minimum absolute atomic E-state index is 0.737. The van der Waals surface area contributed by atoms with Gasteiger partial charge in [0, 0.05) is 11.8 Å². The predicted octanol–water partition coefficient (Wildman–Crippen LogP) is 3.61. The summed E-state index contributed by atoms with van der Waals surface area (Å²) in [4.78, 5) is 0. The smallest absolute Gasteiger partial charge is 0.136 e. The first-order valence-corrected chi connectivity index (χ1v) is 5.64. The molecule has 17 heavy (non-hydrogen) atoms. The Labute approximate surface area is 99.7 Å². The van der Waals surface area contributed by atoms with Crippen molar-refractivity contribution in [2.45, 2.75) is 6.42 Å². The molecule has 2 N–H and O–H groups in total. The van der Waals surface area contributed by atoms with Gasteiger partial charge in [0.25, 0.3) is 0 Å². The van der Waals surface area contributed by atoms with E-state index in [4.69, 9.17) is 10.2 Å². The van der Waals surface area contributed by atoms with E-state index in [1.807, 2.05) is 42.5 Å². The van der Waals surface area contributed by atoms with Crippen LogP contribution in [0.3, 0.4) is 0 Å². The van der Waals surface area contributed by atoms with Gasteiger partial charge in [-0.1, -0.05) is 42.5 Å². The van der Waals surface area contributed by atoms with E-state index < -0.39 is 0 Å². The molecule has 0 saturated heterocycles. The second-order valence-corrected chi connectivity index (χ2v) is 4.10. The Morgan fingerprint density at radius 2 is 1.59 bits per heavy atom. The summed E-state index contributed by atoms with van der Waals surface area (Å²) >= 11 is 0. The summed E-state index contributed by atoms with van der Waals surface area (Å²) in [6.07, 6.45) is 0.737. The highest BCUT2D eigenvalue weighted by Gasteiger charge is 2.10. The Kier molecular flexibility index (Phi) is 2.33. The summed E-state index contributed by atoms with van der Waals surface area (Å²) in [6.45, 7) is 0. The quantitative estimate of drug-likeness (QED) is 0.720. The second kappa shape index (κ2) is 3.98. The zero-order chi connectivity index (χ0) is 11.7. The van der Waals surface area contributed by atoms with Gasteiger partial charge in [-0.05, 0) is 17.7 Å². The van der Waals surface area contributed by atoms with Crippen molar-refractivity contribution in [1.82, 2.24) is 0 Å². The molecule has 0 bridgehead atoms. The highest BCUT2D eigenvalue weighted by Crippen LogP contribution is 2.29. The van der Waals surface area contributed by atoms with E-state index in [1.165, 1.54) is 5.56 Å². The molecular weight excluding hydrogens is 210 g/mol. The first-order valence-electron chi connectivity index (χ1n) is 5.64. The molecule has 0 fully saturated rings. The molecule has 84 valence electrons. The van der Waals surface area contributed by atoms with Crippen molar-refractivity contribution in [2.75, 3.05) is 5.73 Å². The van der Waals surface area contributed by atoms with E-state index >= 15 is 0 Å². The van der Waals surface area contributed by atoms with Gasteiger partial charge in [-0.15, -0.1) is 0 Å². The van der Waals surface area contributed by atoms with Gasteiger partial charge in [-0.3, -0.25) is 0 Å². The molecule has 0 aliphatic carbocycles. The molecule has 0 radical (unpaired) electrons. The minimum atomic E-state index is 0.737. The van der Waals surface area contributed by atoms with Crippen LogP contribution in [0.25, 0.3) is 11.0 Å². The fourth-order valence-electron chi connectivity index (χ4n) is 2.03. The molecule has 2 nitrogen and oxygen atoms in total.